The lowest BCUT2D eigenvalue weighted by Gasteiger charge is -2.11. The molecule has 0 amide bonds. The summed E-state index contributed by atoms with van der Waals surface area (Å²) in [5.41, 5.74) is 2.05. The van der Waals surface area contributed by atoms with E-state index in [0.717, 1.165) is 29.4 Å². The molecule has 20 heavy (non-hydrogen) atoms. The molecule has 106 valence electrons. The van der Waals surface area contributed by atoms with Gasteiger partial charge in [0.15, 0.2) is 0 Å². The predicted octanol–water partition coefficient (Wildman–Crippen LogP) is 3.66. The Morgan fingerprint density at radius 1 is 1.20 bits per heavy atom. The molecule has 3 rings (SSSR count). The molecule has 0 N–H and O–H groups in total. The van der Waals surface area contributed by atoms with E-state index in [0.29, 0.717) is 12.2 Å². The minimum Gasteiger partial charge on any atom is -0.299 e. The summed E-state index contributed by atoms with van der Waals surface area (Å²) in [6.07, 6.45) is 7.63. The molecule has 0 spiro atoms. The highest BCUT2D eigenvalue weighted by atomic mass is 16.1. The van der Waals surface area contributed by atoms with Gasteiger partial charge in [0.25, 0.3) is 0 Å². The van der Waals surface area contributed by atoms with Crippen molar-refractivity contribution in [3.63, 3.8) is 0 Å². The maximum absolute atomic E-state index is 12.5. The van der Waals surface area contributed by atoms with Gasteiger partial charge in [-0.25, -0.2) is 0 Å². The fraction of sp³-hybridized carbons (Fsp3) is 0.529. The first kappa shape index (κ1) is 13.3. The monoisotopic (exact) mass is 270 g/mol. The van der Waals surface area contributed by atoms with Crippen molar-refractivity contribution in [2.45, 2.75) is 44.9 Å². The first-order valence-electron chi connectivity index (χ1n) is 7.69. The first-order chi connectivity index (χ1) is 9.75. The van der Waals surface area contributed by atoms with Crippen molar-refractivity contribution < 1.29 is 4.79 Å². The van der Waals surface area contributed by atoms with Crippen LogP contribution in [-0.2, 0) is 18.3 Å². The SMILES string of the molecule is Cn1nc(CC(=O)C2CCCCCC2)c2ccccc21. The second-order valence-electron chi connectivity index (χ2n) is 5.92. The Balaban J connectivity index is 1.80. The van der Waals surface area contributed by atoms with E-state index in [-0.39, 0.29) is 5.92 Å². The zero-order valence-electron chi connectivity index (χ0n) is 12.1. The smallest absolute Gasteiger partial charge is 0.142 e. The van der Waals surface area contributed by atoms with Crippen molar-refractivity contribution in [1.82, 2.24) is 9.78 Å². The Morgan fingerprint density at radius 2 is 1.90 bits per heavy atom. The van der Waals surface area contributed by atoms with Crippen molar-refractivity contribution in [3.05, 3.63) is 30.0 Å². The summed E-state index contributed by atoms with van der Waals surface area (Å²) in [5.74, 6) is 0.647. The molecule has 0 atom stereocenters. The van der Waals surface area contributed by atoms with Crippen LogP contribution in [0.25, 0.3) is 10.9 Å². The lowest BCUT2D eigenvalue weighted by molar-refractivity contribution is -0.122. The second-order valence-corrected chi connectivity index (χ2v) is 5.92. The van der Waals surface area contributed by atoms with Crippen molar-refractivity contribution in [3.8, 4) is 0 Å². The Kier molecular flexibility index (Phi) is 3.86. The largest absolute Gasteiger partial charge is 0.299 e. The molecule has 1 aromatic heterocycles. The van der Waals surface area contributed by atoms with Crippen LogP contribution in [0.2, 0.25) is 0 Å². The molecule has 0 bridgehead atoms. The third-order valence-corrected chi connectivity index (χ3v) is 4.49. The van der Waals surface area contributed by atoms with E-state index in [4.69, 9.17) is 0 Å². The Morgan fingerprint density at radius 3 is 2.65 bits per heavy atom. The van der Waals surface area contributed by atoms with Crippen LogP contribution in [0.4, 0.5) is 0 Å². The molecule has 3 nitrogen and oxygen atoms in total. The zero-order valence-corrected chi connectivity index (χ0v) is 12.1. The molecule has 0 saturated heterocycles. The van der Waals surface area contributed by atoms with Crippen LogP contribution in [0.3, 0.4) is 0 Å². The number of fused-ring (bicyclic) bond motifs is 1. The Bertz CT molecular complexity index is 606. The predicted molar refractivity (Wildman–Crippen MR) is 80.6 cm³/mol. The number of para-hydroxylation sites is 1. The fourth-order valence-electron chi connectivity index (χ4n) is 3.33. The van der Waals surface area contributed by atoms with E-state index < -0.39 is 0 Å². The van der Waals surface area contributed by atoms with Gasteiger partial charge in [0.05, 0.1) is 17.6 Å². The van der Waals surface area contributed by atoms with Crippen LogP contribution < -0.4 is 0 Å². The summed E-state index contributed by atoms with van der Waals surface area (Å²) in [6, 6.07) is 8.16. The summed E-state index contributed by atoms with van der Waals surface area (Å²) in [7, 11) is 1.95. The molecule has 0 radical (unpaired) electrons. The van der Waals surface area contributed by atoms with Crippen LogP contribution in [0.15, 0.2) is 24.3 Å². The summed E-state index contributed by atoms with van der Waals surface area (Å²) in [6.45, 7) is 0. The van der Waals surface area contributed by atoms with Crippen LogP contribution in [0.1, 0.15) is 44.2 Å². The van der Waals surface area contributed by atoms with Gasteiger partial charge in [-0.05, 0) is 18.9 Å². The summed E-state index contributed by atoms with van der Waals surface area (Å²) in [5, 5.41) is 5.67. The van der Waals surface area contributed by atoms with E-state index in [1.54, 1.807) is 0 Å². The number of hydrogen-bond acceptors (Lipinski definition) is 2. The molecule has 0 unspecified atom stereocenters. The lowest BCUT2D eigenvalue weighted by Crippen LogP contribution is -2.16. The number of carbonyl (C=O) groups is 1. The topological polar surface area (TPSA) is 34.9 Å². The number of rotatable bonds is 3. The Hall–Kier alpha value is -1.64. The van der Waals surface area contributed by atoms with Gasteiger partial charge in [-0.3, -0.25) is 9.48 Å². The number of hydrogen-bond donors (Lipinski definition) is 0. The van der Waals surface area contributed by atoms with Gasteiger partial charge in [0.2, 0.25) is 0 Å². The number of ketones is 1. The van der Waals surface area contributed by atoms with Gasteiger partial charge in [-0.15, -0.1) is 0 Å². The molecular weight excluding hydrogens is 248 g/mol. The number of aryl methyl sites for hydroxylation is 1. The zero-order chi connectivity index (χ0) is 13.9. The number of benzene rings is 1. The second kappa shape index (κ2) is 5.78. The summed E-state index contributed by atoms with van der Waals surface area (Å²) in [4.78, 5) is 12.5. The normalized spacial score (nSPS) is 17.2. The summed E-state index contributed by atoms with van der Waals surface area (Å²) >= 11 is 0. The van der Waals surface area contributed by atoms with Gasteiger partial charge in [-0.2, -0.15) is 5.10 Å². The third kappa shape index (κ3) is 2.62. The van der Waals surface area contributed by atoms with Crippen molar-refractivity contribution in [1.29, 1.82) is 0 Å². The van der Waals surface area contributed by atoms with Crippen LogP contribution in [0, 0.1) is 5.92 Å². The molecule has 1 aliphatic carbocycles. The lowest BCUT2D eigenvalue weighted by atomic mass is 9.92. The van der Waals surface area contributed by atoms with E-state index in [2.05, 4.69) is 17.2 Å². The number of carbonyl (C=O) groups excluding carboxylic acids is 1. The van der Waals surface area contributed by atoms with Gasteiger partial charge >= 0.3 is 0 Å². The molecule has 1 aliphatic rings. The number of nitrogens with zero attached hydrogens (tertiary/aromatic N) is 2. The first-order valence-corrected chi connectivity index (χ1v) is 7.69. The van der Waals surface area contributed by atoms with E-state index in [9.17, 15) is 4.79 Å². The van der Waals surface area contributed by atoms with Crippen molar-refractivity contribution in [2.75, 3.05) is 0 Å². The molecule has 0 aliphatic heterocycles. The molecule has 1 fully saturated rings. The highest BCUT2D eigenvalue weighted by Crippen LogP contribution is 2.26. The number of Topliss-reactive ketones (excluding diaryl/α,β-unsaturated/α-hetero) is 1. The van der Waals surface area contributed by atoms with Crippen LogP contribution in [-0.4, -0.2) is 15.6 Å². The quantitative estimate of drug-likeness (QED) is 0.798. The fourth-order valence-corrected chi connectivity index (χ4v) is 3.33. The van der Waals surface area contributed by atoms with E-state index >= 15 is 0 Å². The molecule has 3 heteroatoms. The van der Waals surface area contributed by atoms with Crippen LogP contribution >= 0.6 is 0 Å². The third-order valence-electron chi connectivity index (χ3n) is 4.49. The minimum atomic E-state index is 0.262. The minimum absolute atomic E-state index is 0.262. The Labute approximate surface area is 120 Å². The average Bonchev–Trinajstić information content (AvgIpc) is 2.67. The van der Waals surface area contributed by atoms with Gasteiger partial charge < -0.3 is 0 Å². The van der Waals surface area contributed by atoms with Crippen molar-refractivity contribution >= 4 is 16.7 Å². The van der Waals surface area contributed by atoms with E-state index in [1.165, 1.54) is 25.7 Å². The summed E-state index contributed by atoms with van der Waals surface area (Å²) < 4.78 is 1.88. The van der Waals surface area contributed by atoms with Crippen LogP contribution in [0.5, 0.6) is 0 Å². The molecule has 1 saturated carbocycles. The van der Waals surface area contributed by atoms with Gasteiger partial charge in [-0.1, -0.05) is 43.9 Å². The van der Waals surface area contributed by atoms with E-state index in [1.807, 2.05) is 23.9 Å². The van der Waals surface area contributed by atoms with Gasteiger partial charge in [0, 0.05) is 18.4 Å². The highest BCUT2D eigenvalue weighted by molar-refractivity contribution is 5.89. The van der Waals surface area contributed by atoms with Crippen molar-refractivity contribution in [2.24, 2.45) is 13.0 Å². The maximum Gasteiger partial charge on any atom is 0.142 e. The standard InChI is InChI=1S/C17H22N2O/c1-19-16-11-7-6-10-14(16)15(18-19)12-17(20)13-8-4-2-3-5-9-13/h6-7,10-11,13H,2-5,8-9,12H2,1H3. The average molecular weight is 270 g/mol. The van der Waals surface area contributed by atoms with Gasteiger partial charge in [0.1, 0.15) is 5.78 Å². The maximum atomic E-state index is 12.5. The highest BCUT2D eigenvalue weighted by Gasteiger charge is 2.22. The molecule has 2 aromatic rings. The molecule has 1 aromatic carbocycles. The number of aromatic nitrogens is 2. The molecule has 1 heterocycles. The molecular formula is C17H22N2O.